The molecule has 2 aliphatic carbocycles. The van der Waals surface area contributed by atoms with E-state index in [0.717, 1.165) is 75.6 Å². The molecule has 1 fully saturated rings. The van der Waals surface area contributed by atoms with Crippen LogP contribution in [0.1, 0.15) is 98.7 Å². The highest BCUT2D eigenvalue weighted by Gasteiger charge is 2.48. The van der Waals surface area contributed by atoms with E-state index in [1.54, 1.807) is 24.3 Å². The molecule has 0 amide bonds. The van der Waals surface area contributed by atoms with E-state index in [4.69, 9.17) is 4.74 Å². The molecule has 0 bridgehead atoms. The minimum absolute atomic E-state index is 0.240. The van der Waals surface area contributed by atoms with E-state index in [2.05, 4.69) is 124 Å². The third-order valence-corrected chi connectivity index (χ3v) is 14.4. The van der Waals surface area contributed by atoms with E-state index in [9.17, 15) is 0 Å². The Balaban J connectivity index is 1.16. The Morgan fingerprint density at radius 1 is 0.621 bits per heavy atom. The van der Waals surface area contributed by atoms with Crippen LogP contribution in [0.25, 0.3) is 49.9 Å². The van der Waals surface area contributed by atoms with Crippen LogP contribution in [-0.2, 0) is 16.4 Å². The van der Waals surface area contributed by atoms with Gasteiger partial charge in [-0.2, -0.15) is 0 Å². The van der Waals surface area contributed by atoms with Crippen molar-refractivity contribution in [2.24, 2.45) is 0 Å². The van der Waals surface area contributed by atoms with E-state index < -0.39 is 11.0 Å². The number of ether oxygens (including phenoxy) is 1. The number of hydrogen-bond donors (Lipinski definition) is 0. The van der Waals surface area contributed by atoms with Crippen molar-refractivity contribution in [3.8, 4) is 28.0 Å². The highest BCUT2D eigenvalue weighted by atomic mass is 19.1. The average molecular weight is 764 g/mol. The third-order valence-electron chi connectivity index (χ3n) is 14.4. The Bertz CT molecular complexity index is 2880. The standard InChI is InChI=1S/C54H47F2NO/c1-5-53(6-2)47-32-37(56)19-25-43(47)48-41-24-18-36(55)31-45(41)51-44(50(48)53)26-27-54(58-51,34-15-20-38(21-16-34)57-28-10-7-11-29-57)35-17-23-40-42-22-14-33-12-8-9-13-39(33)49(42)52(3,4)46(40)30-35/h8-9,12-27,30-32H,5-7,10-11,28-29H2,1-4H3. The normalized spacial score (nSPS) is 19.4. The molecule has 7 aromatic rings. The van der Waals surface area contributed by atoms with Gasteiger partial charge < -0.3 is 9.64 Å². The summed E-state index contributed by atoms with van der Waals surface area (Å²) in [4.78, 5) is 2.49. The van der Waals surface area contributed by atoms with Gasteiger partial charge in [-0.1, -0.05) is 107 Å². The quantitative estimate of drug-likeness (QED) is 0.173. The van der Waals surface area contributed by atoms with Crippen molar-refractivity contribution < 1.29 is 13.5 Å². The lowest BCUT2D eigenvalue weighted by molar-refractivity contribution is 0.163. The molecule has 1 saturated heterocycles. The van der Waals surface area contributed by atoms with E-state index in [1.807, 2.05) is 12.1 Å². The Kier molecular flexibility index (Phi) is 7.71. The second kappa shape index (κ2) is 12.6. The van der Waals surface area contributed by atoms with Crippen LogP contribution in [0.15, 0.2) is 121 Å². The summed E-state index contributed by atoms with van der Waals surface area (Å²) in [5.41, 5.74) is 11.9. The molecule has 2 heterocycles. The molecule has 1 unspecified atom stereocenters. The average Bonchev–Trinajstić information content (AvgIpc) is 3.68. The van der Waals surface area contributed by atoms with Gasteiger partial charge in [0, 0.05) is 51.7 Å². The van der Waals surface area contributed by atoms with E-state index in [-0.39, 0.29) is 17.0 Å². The van der Waals surface area contributed by atoms with Gasteiger partial charge in [0.2, 0.25) is 0 Å². The van der Waals surface area contributed by atoms with Crippen molar-refractivity contribution in [3.63, 3.8) is 0 Å². The number of anilines is 1. The molecule has 1 atom stereocenters. The first-order chi connectivity index (χ1) is 28.2. The van der Waals surface area contributed by atoms with Crippen LogP contribution < -0.4 is 9.64 Å². The van der Waals surface area contributed by atoms with Crippen molar-refractivity contribution in [2.75, 3.05) is 18.0 Å². The summed E-state index contributed by atoms with van der Waals surface area (Å²) in [6.45, 7) is 11.2. The molecule has 0 radical (unpaired) electrons. The molecular weight excluding hydrogens is 717 g/mol. The fraction of sp³-hybridized carbons (Fsp3) is 0.259. The second-order valence-electron chi connectivity index (χ2n) is 17.5. The van der Waals surface area contributed by atoms with Crippen LogP contribution in [0.2, 0.25) is 0 Å². The van der Waals surface area contributed by atoms with Gasteiger partial charge in [-0.15, -0.1) is 0 Å². The van der Waals surface area contributed by atoms with Gasteiger partial charge in [0.05, 0.1) is 0 Å². The maximum absolute atomic E-state index is 15.6. The molecule has 58 heavy (non-hydrogen) atoms. The van der Waals surface area contributed by atoms with Crippen LogP contribution in [0.5, 0.6) is 5.75 Å². The van der Waals surface area contributed by atoms with Crippen molar-refractivity contribution in [3.05, 3.63) is 172 Å². The van der Waals surface area contributed by atoms with Crippen LogP contribution in [0.4, 0.5) is 14.5 Å². The fourth-order valence-electron chi connectivity index (χ4n) is 11.5. The summed E-state index contributed by atoms with van der Waals surface area (Å²) in [6, 6.07) is 39.4. The first-order valence-electron chi connectivity index (χ1n) is 21.2. The zero-order valence-corrected chi connectivity index (χ0v) is 33.7. The van der Waals surface area contributed by atoms with Gasteiger partial charge >= 0.3 is 0 Å². The van der Waals surface area contributed by atoms with Gasteiger partial charge in [0.1, 0.15) is 17.4 Å². The molecule has 288 valence electrons. The highest BCUT2D eigenvalue weighted by molar-refractivity contribution is 6.08. The maximum Gasteiger partial charge on any atom is 0.178 e. The Labute approximate surface area is 339 Å². The summed E-state index contributed by atoms with van der Waals surface area (Å²) in [5, 5.41) is 4.18. The minimum Gasteiger partial charge on any atom is -0.472 e. The number of benzene rings is 7. The van der Waals surface area contributed by atoms with Gasteiger partial charge in [-0.25, -0.2) is 8.78 Å². The number of hydrogen-bond acceptors (Lipinski definition) is 2. The fourth-order valence-corrected chi connectivity index (χ4v) is 11.5. The molecule has 0 spiro atoms. The van der Waals surface area contributed by atoms with Gasteiger partial charge in [0.25, 0.3) is 0 Å². The lowest BCUT2D eigenvalue weighted by Crippen LogP contribution is -2.36. The second-order valence-corrected chi connectivity index (χ2v) is 17.5. The molecule has 0 saturated carbocycles. The van der Waals surface area contributed by atoms with Crippen molar-refractivity contribution in [1.82, 2.24) is 0 Å². The summed E-state index contributed by atoms with van der Waals surface area (Å²) >= 11 is 0. The van der Waals surface area contributed by atoms with Gasteiger partial charge in [-0.3, -0.25) is 0 Å². The molecule has 0 aromatic heterocycles. The molecule has 11 rings (SSSR count). The molecule has 7 aromatic carbocycles. The summed E-state index contributed by atoms with van der Waals surface area (Å²) < 4.78 is 38.5. The van der Waals surface area contributed by atoms with Crippen molar-refractivity contribution in [2.45, 2.75) is 76.2 Å². The van der Waals surface area contributed by atoms with E-state index >= 15 is 8.78 Å². The molecular formula is C54H47F2NO. The number of halogens is 2. The molecule has 2 nitrogen and oxygen atoms in total. The van der Waals surface area contributed by atoms with Crippen LogP contribution >= 0.6 is 0 Å². The zero-order valence-electron chi connectivity index (χ0n) is 33.7. The first-order valence-corrected chi connectivity index (χ1v) is 21.2. The van der Waals surface area contributed by atoms with Gasteiger partial charge in [-0.05, 0) is 141 Å². The monoisotopic (exact) mass is 763 g/mol. The number of rotatable bonds is 5. The SMILES string of the molecule is CCC1(CC)c2cc(F)ccc2-c2c1c1c(c3cc(F)ccc23)OC(c2ccc(N3CCCCC3)cc2)(c2ccc3c(c2)C(C)(C)c2c-3ccc3ccccc23)C=C1. The lowest BCUT2D eigenvalue weighted by atomic mass is 9.71. The van der Waals surface area contributed by atoms with Crippen LogP contribution in [0, 0.1) is 11.6 Å². The Morgan fingerprint density at radius 3 is 2.12 bits per heavy atom. The minimum atomic E-state index is -1.03. The smallest absolute Gasteiger partial charge is 0.178 e. The first kappa shape index (κ1) is 35.4. The predicted octanol–water partition coefficient (Wildman–Crippen LogP) is 14.0. The Morgan fingerprint density at radius 2 is 1.33 bits per heavy atom. The van der Waals surface area contributed by atoms with Crippen LogP contribution in [0.3, 0.4) is 0 Å². The number of nitrogens with zero attached hydrogens (tertiary/aromatic N) is 1. The molecule has 4 heteroatoms. The molecule has 0 N–H and O–H groups in total. The van der Waals surface area contributed by atoms with E-state index in [0.29, 0.717) is 5.75 Å². The molecule has 4 aliphatic rings. The van der Waals surface area contributed by atoms with Crippen molar-refractivity contribution in [1.29, 1.82) is 0 Å². The molecule has 2 aliphatic heterocycles. The van der Waals surface area contributed by atoms with Gasteiger partial charge in [0.15, 0.2) is 5.60 Å². The summed E-state index contributed by atoms with van der Waals surface area (Å²) in [7, 11) is 0. The van der Waals surface area contributed by atoms with Crippen molar-refractivity contribution >= 4 is 33.3 Å². The maximum atomic E-state index is 15.6. The lowest BCUT2D eigenvalue weighted by Gasteiger charge is -2.40. The highest BCUT2D eigenvalue weighted by Crippen LogP contribution is 2.61. The predicted molar refractivity (Wildman–Crippen MR) is 235 cm³/mol. The summed E-state index contributed by atoms with van der Waals surface area (Å²) in [6.07, 6.45) is 9.75. The topological polar surface area (TPSA) is 12.5 Å². The zero-order chi connectivity index (χ0) is 39.6. The number of fused-ring (bicyclic) bond motifs is 13. The van der Waals surface area contributed by atoms with E-state index in [1.165, 1.54) is 58.0 Å². The largest absolute Gasteiger partial charge is 0.472 e. The van der Waals surface area contributed by atoms with Crippen LogP contribution in [-0.4, -0.2) is 13.1 Å². The number of piperidine rings is 1. The third kappa shape index (κ3) is 4.75. The Hall–Kier alpha value is -5.74. The summed E-state index contributed by atoms with van der Waals surface area (Å²) in [5.74, 6) is 0.114.